The number of hydrogen-bond donors (Lipinski definition) is 0. The molecule has 0 radical (unpaired) electrons. The fourth-order valence-corrected chi connectivity index (χ4v) is 24.5. The van der Waals surface area contributed by atoms with Crippen LogP contribution in [0.25, 0.3) is 283 Å². The van der Waals surface area contributed by atoms with Gasteiger partial charge in [-0.3, -0.25) is 0 Å². The first-order valence-electron chi connectivity index (χ1n) is 52.7. The summed E-state index contributed by atoms with van der Waals surface area (Å²) in [5.41, 5.74) is 53.4. The van der Waals surface area contributed by atoms with Gasteiger partial charge >= 0.3 is 0 Å². The lowest BCUT2D eigenvalue weighted by molar-refractivity contribution is 0.795. The molecule has 3 aliphatic carbocycles. The summed E-state index contributed by atoms with van der Waals surface area (Å²) >= 11 is 0. The van der Waals surface area contributed by atoms with E-state index in [9.17, 15) is 0 Å². The standard InChI is InChI=1S/2C50H38.C48H35N/c1-3-5-16-34-17-12-13-22-38(34)42-30-32-44-48-43(31-29-39(47(42)48)35-27-25-33(4-2)26-28-35)49-45(36-18-8-6-9-19-36)40-23-14-15-24-41(40)46(50(44)49)37-20-10-7-11-21-37;1-3-5-14-34-23-27-36(28-24-34)40-30-32-44-48-43(31-29-39(47(40)48)35-25-21-33(4-2)22-26-35)49-45(37-15-8-6-9-16-37)41-19-12-13-20-42(41)46(50(44)49)38-17-10-7-11-18-38;1-4-31-19-21-32(22-20-31)37-27-29-41-46-42(30-28-38(45(37)46)33-23-25-36(26-24-33)49(2)3)48-44(35-15-9-6-10-16-35)40-18-12-11-17-39(40)43(47(41)48)34-13-7-5-8-14-34/h4,6-15,17-32H,2-3,5,16H2,1H3;4,6-13,15-32H,2-3,5,14H2,1H3;4-30H,1H2,2-3H3. The van der Waals surface area contributed by atoms with Crippen molar-refractivity contribution in [1.29, 1.82) is 0 Å². The van der Waals surface area contributed by atoms with Crippen LogP contribution in [0, 0.1) is 0 Å². The lowest BCUT2D eigenvalue weighted by Crippen LogP contribution is -2.07. The molecule has 3 aliphatic rings. The van der Waals surface area contributed by atoms with Gasteiger partial charge in [0, 0.05) is 19.8 Å². The Labute approximate surface area is 874 Å². The first-order chi connectivity index (χ1) is 73.6. The molecule has 0 spiro atoms. The molecule has 0 aromatic heterocycles. The van der Waals surface area contributed by atoms with Crippen molar-refractivity contribution in [3.8, 4) is 200 Å². The summed E-state index contributed by atoms with van der Waals surface area (Å²) < 4.78 is 0. The molecule has 0 saturated heterocycles. The number of fused-ring (bicyclic) bond motifs is 12. The highest BCUT2D eigenvalue weighted by atomic mass is 15.1. The van der Waals surface area contributed by atoms with Gasteiger partial charge in [-0.1, -0.05) is 526 Å². The van der Waals surface area contributed by atoms with Gasteiger partial charge in [0.25, 0.3) is 0 Å². The number of benzene rings is 24. The first-order valence-corrected chi connectivity index (χ1v) is 52.7. The van der Waals surface area contributed by atoms with Gasteiger partial charge in [0.15, 0.2) is 0 Å². The van der Waals surface area contributed by atoms with E-state index in [4.69, 9.17) is 0 Å². The Kier molecular flexibility index (Phi) is 24.3. The summed E-state index contributed by atoms with van der Waals surface area (Å²) in [7, 11) is 4.18. The van der Waals surface area contributed by atoms with Crippen LogP contribution >= 0.6 is 0 Å². The van der Waals surface area contributed by atoms with Crippen LogP contribution in [-0.4, -0.2) is 14.1 Å². The molecule has 0 saturated carbocycles. The molecule has 1 heteroatoms. The normalized spacial score (nSPS) is 11.6. The van der Waals surface area contributed by atoms with Crippen LogP contribution in [0.2, 0.25) is 0 Å². The molecule has 0 amide bonds. The van der Waals surface area contributed by atoms with Gasteiger partial charge in [-0.05, 0) is 331 Å². The molecule has 24 aromatic carbocycles. The zero-order chi connectivity index (χ0) is 100. The number of aryl methyl sites for hydroxylation is 2. The maximum absolute atomic E-state index is 4.02. The lowest BCUT2D eigenvalue weighted by atomic mass is 9.82. The number of unbranched alkanes of at least 4 members (excludes halogenated alkanes) is 2. The minimum Gasteiger partial charge on any atom is -0.378 e. The SMILES string of the molecule is C=Cc1ccc(-c2ccc3c4c(ccc(-c5ccc(CCCC)cc5)c24)-c2c-3c(-c3ccccc3)c3ccccc3c2-c2ccccc2)cc1.C=Cc1ccc(-c2ccc3c4c(ccc(-c5ccc(N(C)C)cc5)c24)-c2c-3c(-c3ccccc3)c3ccccc3c2-c2ccccc2)cc1.C=Cc1ccc(-c2ccc3c4c(ccc(-c5ccccc5CCCC)c24)-c2c-3c(-c3ccccc3)c3ccccc3c2-c2ccccc2)cc1. The molecule has 24 aromatic rings. The smallest absolute Gasteiger partial charge is 0.0361 e. The van der Waals surface area contributed by atoms with E-state index in [-0.39, 0.29) is 0 Å². The molecule has 0 fully saturated rings. The van der Waals surface area contributed by atoms with E-state index in [1.807, 2.05) is 18.2 Å². The number of nitrogens with zero attached hydrogens (tertiary/aromatic N) is 1. The highest BCUT2D eigenvalue weighted by Gasteiger charge is 2.38. The van der Waals surface area contributed by atoms with E-state index in [1.165, 1.54) is 307 Å². The van der Waals surface area contributed by atoms with Gasteiger partial charge in [-0.15, -0.1) is 0 Å². The molecule has 708 valence electrons. The van der Waals surface area contributed by atoms with Crippen LogP contribution in [0.15, 0.2) is 493 Å². The summed E-state index contributed by atoms with van der Waals surface area (Å²) in [4.78, 5) is 2.15. The summed E-state index contributed by atoms with van der Waals surface area (Å²) in [6.07, 6.45) is 12.7. The second kappa shape index (κ2) is 39.4. The largest absolute Gasteiger partial charge is 0.378 e. The Morgan fingerprint density at radius 1 is 0.174 bits per heavy atom. The molecule has 1 nitrogen and oxygen atoms in total. The Balaban J connectivity index is 0.000000116. The summed E-state index contributed by atoms with van der Waals surface area (Å²) in [6, 6.07) is 175. The summed E-state index contributed by atoms with van der Waals surface area (Å²) in [5, 5.41) is 15.6. The molecule has 0 bridgehead atoms. The van der Waals surface area contributed by atoms with Crippen molar-refractivity contribution in [2.45, 2.75) is 52.4 Å². The molecule has 0 N–H and O–H groups in total. The van der Waals surface area contributed by atoms with E-state index < -0.39 is 0 Å². The minimum absolute atomic E-state index is 1.07. The van der Waals surface area contributed by atoms with Crippen LogP contribution in [0.5, 0.6) is 0 Å². The second-order valence-electron chi connectivity index (χ2n) is 40.0. The molecule has 0 atom stereocenters. The third-order valence-electron chi connectivity index (χ3n) is 31.4. The van der Waals surface area contributed by atoms with E-state index in [2.05, 4.69) is 526 Å². The number of hydrogen-bond acceptors (Lipinski definition) is 1. The van der Waals surface area contributed by atoms with Crippen molar-refractivity contribution in [1.82, 2.24) is 0 Å². The van der Waals surface area contributed by atoms with Gasteiger partial charge in [0.1, 0.15) is 0 Å². The number of rotatable bonds is 22. The average molecular weight is 1900 g/mol. The molecular weight excluding hydrogens is 1790 g/mol. The monoisotopic (exact) mass is 1900 g/mol. The summed E-state index contributed by atoms with van der Waals surface area (Å²) in [6.45, 7) is 16.6. The van der Waals surface area contributed by atoms with Crippen LogP contribution in [0.4, 0.5) is 5.69 Å². The topological polar surface area (TPSA) is 3.24 Å². The summed E-state index contributed by atoms with van der Waals surface area (Å²) in [5.74, 6) is 0. The highest BCUT2D eigenvalue weighted by Crippen LogP contribution is 2.65. The molecular formula is C148H111N. The van der Waals surface area contributed by atoms with Crippen LogP contribution in [0.3, 0.4) is 0 Å². The van der Waals surface area contributed by atoms with E-state index in [1.54, 1.807) is 0 Å². The minimum atomic E-state index is 1.07. The second-order valence-corrected chi connectivity index (χ2v) is 40.0. The molecule has 27 rings (SSSR count). The zero-order valence-electron chi connectivity index (χ0n) is 84.6. The zero-order valence-corrected chi connectivity index (χ0v) is 84.6. The number of anilines is 1. The third-order valence-corrected chi connectivity index (χ3v) is 31.4. The predicted octanol–water partition coefficient (Wildman–Crippen LogP) is 41.6. The van der Waals surface area contributed by atoms with Crippen LogP contribution in [0.1, 0.15) is 67.3 Å². The Bertz CT molecular complexity index is 9090. The van der Waals surface area contributed by atoms with Crippen LogP contribution in [-0.2, 0) is 12.8 Å². The highest BCUT2D eigenvalue weighted by molar-refractivity contribution is 6.35. The van der Waals surface area contributed by atoms with Gasteiger partial charge < -0.3 is 4.90 Å². The first kappa shape index (κ1) is 92.0. The fraction of sp³-hybridized carbons (Fsp3) is 0.0676. The fourth-order valence-electron chi connectivity index (χ4n) is 24.5. The van der Waals surface area contributed by atoms with Crippen molar-refractivity contribution < 1.29 is 0 Å². The van der Waals surface area contributed by atoms with E-state index in [0.29, 0.717) is 0 Å². The van der Waals surface area contributed by atoms with Crippen molar-refractivity contribution >= 4 is 88.6 Å². The Morgan fingerprint density at radius 2 is 0.383 bits per heavy atom. The van der Waals surface area contributed by atoms with E-state index >= 15 is 0 Å². The van der Waals surface area contributed by atoms with Gasteiger partial charge in [-0.2, -0.15) is 0 Å². The Morgan fingerprint density at radius 3 is 0.638 bits per heavy atom. The molecule has 0 unspecified atom stereocenters. The van der Waals surface area contributed by atoms with Crippen molar-refractivity contribution in [3.05, 3.63) is 521 Å². The lowest BCUT2D eigenvalue weighted by Gasteiger charge is -2.20. The van der Waals surface area contributed by atoms with Gasteiger partial charge in [0.2, 0.25) is 0 Å². The van der Waals surface area contributed by atoms with Gasteiger partial charge in [0.05, 0.1) is 0 Å². The third kappa shape index (κ3) is 16.0. The molecule has 0 heterocycles. The van der Waals surface area contributed by atoms with E-state index in [0.717, 1.165) is 29.5 Å². The van der Waals surface area contributed by atoms with Crippen molar-refractivity contribution in [3.63, 3.8) is 0 Å². The molecule has 149 heavy (non-hydrogen) atoms. The average Bonchev–Trinajstić information content (AvgIpc) is 1.54. The quantitative estimate of drug-likeness (QED) is 0.0654. The molecule has 0 aliphatic heterocycles. The van der Waals surface area contributed by atoms with Crippen molar-refractivity contribution in [2.75, 3.05) is 19.0 Å². The van der Waals surface area contributed by atoms with Crippen LogP contribution < -0.4 is 4.90 Å². The van der Waals surface area contributed by atoms with Crippen molar-refractivity contribution in [2.24, 2.45) is 0 Å². The maximum Gasteiger partial charge on any atom is 0.0361 e. The maximum atomic E-state index is 4.02. The van der Waals surface area contributed by atoms with Gasteiger partial charge in [-0.25, -0.2) is 0 Å². The predicted molar refractivity (Wildman–Crippen MR) is 645 cm³/mol. The Hall–Kier alpha value is -18.1.